The van der Waals surface area contributed by atoms with Gasteiger partial charge in [-0.2, -0.15) is 0 Å². The predicted molar refractivity (Wildman–Crippen MR) is 71.1 cm³/mol. The summed E-state index contributed by atoms with van der Waals surface area (Å²) in [5, 5.41) is 0. The van der Waals surface area contributed by atoms with Crippen LogP contribution in [0.3, 0.4) is 0 Å². The van der Waals surface area contributed by atoms with Gasteiger partial charge in [0.2, 0.25) is 0 Å². The van der Waals surface area contributed by atoms with Gasteiger partial charge in [-0.05, 0) is 18.8 Å². The third-order valence-corrected chi connectivity index (χ3v) is 3.84. The zero-order valence-corrected chi connectivity index (χ0v) is 10.8. The highest BCUT2D eigenvalue weighted by Crippen LogP contribution is 2.32. The smallest absolute Gasteiger partial charge is 0.165 e. The normalized spacial score (nSPS) is 20.1. The zero-order valence-electron chi connectivity index (χ0n) is 10.8. The Morgan fingerprint density at radius 2 is 2.00 bits per heavy atom. The number of ether oxygens (including phenoxy) is 1. The van der Waals surface area contributed by atoms with Gasteiger partial charge in [0, 0.05) is 19.6 Å². The fourth-order valence-corrected chi connectivity index (χ4v) is 2.59. The van der Waals surface area contributed by atoms with Crippen molar-refractivity contribution in [3.8, 4) is 0 Å². The molecule has 0 unspecified atom stereocenters. The lowest BCUT2D eigenvalue weighted by atomic mass is 10.3. The number of morpholine rings is 1. The van der Waals surface area contributed by atoms with Gasteiger partial charge >= 0.3 is 0 Å². The first-order chi connectivity index (χ1) is 9.42. The van der Waals surface area contributed by atoms with Gasteiger partial charge in [-0.3, -0.25) is 0 Å². The topological polar surface area (TPSA) is 56.1 Å². The Bertz CT molecular complexity index is 586. The minimum atomic E-state index is 0.758. The highest BCUT2D eigenvalue weighted by molar-refractivity contribution is 5.83. The second kappa shape index (κ2) is 4.45. The van der Waals surface area contributed by atoms with Crippen LogP contribution in [-0.2, 0) is 11.3 Å². The maximum Gasteiger partial charge on any atom is 0.165 e. The monoisotopic (exact) mass is 259 g/mol. The number of aromatic nitrogens is 4. The predicted octanol–water partition coefficient (Wildman–Crippen LogP) is 1.07. The van der Waals surface area contributed by atoms with Crippen LogP contribution < -0.4 is 4.90 Å². The molecule has 2 aromatic rings. The molecule has 1 saturated carbocycles. The molecule has 19 heavy (non-hydrogen) atoms. The molecule has 2 aliphatic rings. The van der Waals surface area contributed by atoms with E-state index in [-0.39, 0.29) is 0 Å². The molecule has 100 valence electrons. The van der Waals surface area contributed by atoms with Crippen molar-refractivity contribution in [2.75, 3.05) is 31.2 Å². The molecule has 0 radical (unpaired) electrons. The van der Waals surface area contributed by atoms with Crippen LogP contribution in [0.25, 0.3) is 11.2 Å². The molecular formula is C13H17N5O. The number of hydrogen-bond acceptors (Lipinski definition) is 5. The van der Waals surface area contributed by atoms with E-state index in [1.54, 1.807) is 6.33 Å². The standard InChI is InChI=1S/C13H17N5O/c1-2-10(1)7-18-9-16-11-12(14-8-15-13(11)18)17-3-5-19-6-4-17/h8-10H,1-7H2. The van der Waals surface area contributed by atoms with Crippen LogP contribution in [0.1, 0.15) is 12.8 Å². The number of imidazole rings is 1. The maximum absolute atomic E-state index is 5.39. The second-order valence-electron chi connectivity index (χ2n) is 5.31. The van der Waals surface area contributed by atoms with Crippen molar-refractivity contribution in [2.24, 2.45) is 5.92 Å². The average molecular weight is 259 g/mol. The summed E-state index contributed by atoms with van der Waals surface area (Å²) < 4.78 is 7.55. The summed E-state index contributed by atoms with van der Waals surface area (Å²) in [7, 11) is 0. The summed E-state index contributed by atoms with van der Waals surface area (Å²) in [6.45, 7) is 4.31. The van der Waals surface area contributed by atoms with Crippen molar-refractivity contribution in [3.05, 3.63) is 12.7 Å². The Balaban J connectivity index is 1.72. The molecule has 0 aromatic carbocycles. The highest BCUT2D eigenvalue weighted by atomic mass is 16.5. The maximum atomic E-state index is 5.39. The van der Waals surface area contributed by atoms with Gasteiger partial charge in [0.05, 0.1) is 19.5 Å². The third kappa shape index (κ3) is 2.06. The summed E-state index contributed by atoms with van der Waals surface area (Å²) in [4.78, 5) is 15.6. The molecule has 1 saturated heterocycles. The summed E-state index contributed by atoms with van der Waals surface area (Å²) in [6, 6.07) is 0. The van der Waals surface area contributed by atoms with Crippen molar-refractivity contribution < 1.29 is 4.74 Å². The van der Waals surface area contributed by atoms with Gasteiger partial charge in [0.1, 0.15) is 6.33 Å². The lowest BCUT2D eigenvalue weighted by Gasteiger charge is -2.27. The third-order valence-electron chi connectivity index (χ3n) is 3.84. The van der Waals surface area contributed by atoms with Crippen molar-refractivity contribution in [1.29, 1.82) is 0 Å². The molecule has 4 rings (SSSR count). The van der Waals surface area contributed by atoms with E-state index in [1.165, 1.54) is 12.8 Å². The molecule has 1 aliphatic heterocycles. The van der Waals surface area contributed by atoms with Gasteiger partial charge in [-0.1, -0.05) is 0 Å². The Morgan fingerprint density at radius 3 is 2.79 bits per heavy atom. The molecule has 0 atom stereocenters. The molecule has 2 aromatic heterocycles. The van der Waals surface area contributed by atoms with Gasteiger partial charge in [0.25, 0.3) is 0 Å². The molecule has 0 amide bonds. The van der Waals surface area contributed by atoms with E-state index >= 15 is 0 Å². The molecule has 1 aliphatic carbocycles. The van der Waals surface area contributed by atoms with E-state index in [0.29, 0.717) is 0 Å². The van der Waals surface area contributed by atoms with Gasteiger partial charge < -0.3 is 14.2 Å². The minimum absolute atomic E-state index is 0.758. The van der Waals surface area contributed by atoms with Crippen molar-refractivity contribution in [3.63, 3.8) is 0 Å². The number of anilines is 1. The lowest BCUT2D eigenvalue weighted by Crippen LogP contribution is -2.36. The van der Waals surface area contributed by atoms with Gasteiger partial charge in [-0.15, -0.1) is 0 Å². The summed E-state index contributed by atoms with van der Waals surface area (Å²) in [5.41, 5.74) is 1.88. The van der Waals surface area contributed by atoms with Crippen molar-refractivity contribution in [2.45, 2.75) is 19.4 Å². The Kier molecular flexibility index (Phi) is 2.61. The Hall–Kier alpha value is -1.69. The van der Waals surface area contributed by atoms with E-state index < -0.39 is 0 Å². The molecule has 2 fully saturated rings. The van der Waals surface area contributed by atoms with E-state index in [1.807, 2.05) is 6.33 Å². The second-order valence-corrected chi connectivity index (χ2v) is 5.31. The fraction of sp³-hybridized carbons (Fsp3) is 0.615. The summed E-state index contributed by atoms with van der Waals surface area (Å²) >= 11 is 0. The van der Waals surface area contributed by atoms with Crippen LogP contribution in [0.5, 0.6) is 0 Å². The van der Waals surface area contributed by atoms with Gasteiger partial charge in [0.15, 0.2) is 17.0 Å². The molecule has 0 N–H and O–H groups in total. The van der Waals surface area contributed by atoms with Crippen molar-refractivity contribution >= 4 is 17.0 Å². The quantitative estimate of drug-likeness (QED) is 0.825. The fourth-order valence-electron chi connectivity index (χ4n) is 2.59. The van der Waals surface area contributed by atoms with Crippen LogP contribution in [0.15, 0.2) is 12.7 Å². The first kappa shape index (κ1) is 11.2. The molecular weight excluding hydrogens is 242 g/mol. The molecule has 0 spiro atoms. The van der Waals surface area contributed by atoms with E-state index in [9.17, 15) is 0 Å². The molecule has 3 heterocycles. The first-order valence-electron chi connectivity index (χ1n) is 6.90. The Labute approximate surface area is 111 Å². The van der Waals surface area contributed by atoms with Crippen LogP contribution in [0, 0.1) is 5.92 Å². The average Bonchev–Trinajstić information content (AvgIpc) is 3.19. The zero-order chi connectivity index (χ0) is 12.7. The van der Waals surface area contributed by atoms with Crippen LogP contribution >= 0.6 is 0 Å². The highest BCUT2D eigenvalue weighted by Gasteiger charge is 2.24. The first-order valence-corrected chi connectivity index (χ1v) is 6.90. The molecule has 6 heteroatoms. The number of nitrogens with zero attached hydrogens (tertiary/aromatic N) is 5. The Morgan fingerprint density at radius 1 is 1.16 bits per heavy atom. The lowest BCUT2D eigenvalue weighted by molar-refractivity contribution is 0.122. The molecule has 0 bridgehead atoms. The summed E-state index contributed by atoms with van der Waals surface area (Å²) in [6.07, 6.45) is 6.22. The largest absolute Gasteiger partial charge is 0.378 e. The number of fused-ring (bicyclic) bond motifs is 1. The van der Waals surface area contributed by atoms with E-state index in [4.69, 9.17) is 4.74 Å². The minimum Gasteiger partial charge on any atom is -0.378 e. The molecule has 6 nitrogen and oxygen atoms in total. The SMILES string of the molecule is c1nc(N2CCOCC2)c2ncn(CC3CC3)c2n1. The van der Waals surface area contributed by atoms with Crippen LogP contribution in [0.4, 0.5) is 5.82 Å². The number of rotatable bonds is 3. The van der Waals surface area contributed by atoms with Crippen LogP contribution in [0.2, 0.25) is 0 Å². The van der Waals surface area contributed by atoms with Crippen LogP contribution in [-0.4, -0.2) is 45.8 Å². The van der Waals surface area contributed by atoms with Crippen molar-refractivity contribution in [1.82, 2.24) is 19.5 Å². The van der Waals surface area contributed by atoms with E-state index in [0.717, 1.165) is 55.7 Å². The van der Waals surface area contributed by atoms with Gasteiger partial charge in [-0.25, -0.2) is 15.0 Å². The summed E-state index contributed by atoms with van der Waals surface area (Å²) in [5.74, 6) is 1.77. The number of hydrogen-bond donors (Lipinski definition) is 0. The van der Waals surface area contributed by atoms with E-state index in [2.05, 4.69) is 24.4 Å².